The number of hydrogen-bond donors (Lipinski definition) is 1. The van der Waals surface area contributed by atoms with Crippen LogP contribution in [0.15, 0.2) is 11.5 Å². The van der Waals surface area contributed by atoms with Crippen LogP contribution in [0.25, 0.3) is 0 Å². The van der Waals surface area contributed by atoms with Gasteiger partial charge in [-0.05, 0) is 12.4 Å². The Kier molecular flexibility index (Phi) is 5.03. The van der Waals surface area contributed by atoms with E-state index in [1.807, 2.05) is 6.92 Å². The van der Waals surface area contributed by atoms with Crippen LogP contribution in [0, 0.1) is 0 Å². The van der Waals surface area contributed by atoms with Crippen LogP contribution in [-0.2, 0) is 4.79 Å². The first-order valence-electron chi connectivity index (χ1n) is 3.27. The Balaban J connectivity index is 3.91. The van der Waals surface area contributed by atoms with Crippen molar-refractivity contribution >= 4 is 20.4 Å². The lowest BCUT2D eigenvalue weighted by molar-refractivity contribution is -0.108. The van der Waals surface area contributed by atoms with Gasteiger partial charge in [-0.15, -0.1) is 0 Å². The predicted molar refractivity (Wildman–Crippen MR) is 43.0 cm³/mol. The molecule has 0 saturated heterocycles. The van der Waals surface area contributed by atoms with Crippen LogP contribution in [0.3, 0.4) is 0 Å². The van der Waals surface area contributed by atoms with Gasteiger partial charge in [0.25, 0.3) is 0 Å². The third-order valence-electron chi connectivity index (χ3n) is 1.12. The molecular formula is C6H10B2O2. The van der Waals surface area contributed by atoms with Gasteiger partial charge in [0.05, 0.1) is 0 Å². The van der Waals surface area contributed by atoms with Crippen LogP contribution >= 0.6 is 0 Å². The van der Waals surface area contributed by atoms with Gasteiger partial charge in [0, 0.05) is 0 Å². The lowest BCUT2D eigenvalue weighted by Gasteiger charge is -1.96. The van der Waals surface area contributed by atoms with Crippen molar-refractivity contribution in [3.8, 4) is 0 Å². The van der Waals surface area contributed by atoms with E-state index in [1.165, 1.54) is 7.28 Å². The molecular weight excluding hydrogens is 126 g/mol. The van der Waals surface area contributed by atoms with Crippen molar-refractivity contribution in [2.24, 2.45) is 0 Å². The maximum atomic E-state index is 10.9. The zero-order valence-corrected chi connectivity index (χ0v) is 6.29. The van der Waals surface area contributed by atoms with E-state index in [4.69, 9.17) is 5.02 Å². The molecule has 0 amide bonds. The molecule has 0 fully saturated rings. The highest BCUT2D eigenvalue weighted by molar-refractivity contribution is 6.82. The molecule has 0 rings (SSSR count). The number of allylic oxidation sites excluding steroid dienone is 2. The molecule has 52 valence electrons. The molecule has 0 aliphatic carbocycles. The minimum atomic E-state index is -0.118. The van der Waals surface area contributed by atoms with Gasteiger partial charge in [0.1, 0.15) is 5.68 Å². The van der Waals surface area contributed by atoms with Crippen LogP contribution in [0.5, 0.6) is 0 Å². The number of hydrogen-bond acceptors (Lipinski definition) is 2. The standard InChI is InChI=1S/C6H10B2O2/c1-3-5(8-10)6(9)7-4-2/h3,10H,4H2,1-2H3/b5-3-. The fraction of sp³-hybridized carbons (Fsp3) is 0.500. The highest BCUT2D eigenvalue weighted by Crippen LogP contribution is 1.92. The van der Waals surface area contributed by atoms with E-state index in [1.54, 1.807) is 13.0 Å². The monoisotopic (exact) mass is 136 g/mol. The van der Waals surface area contributed by atoms with E-state index in [-0.39, 0.29) is 5.68 Å². The third-order valence-corrected chi connectivity index (χ3v) is 1.12. The van der Waals surface area contributed by atoms with E-state index in [0.717, 1.165) is 7.48 Å². The fourth-order valence-electron chi connectivity index (χ4n) is 0.584. The van der Waals surface area contributed by atoms with E-state index in [0.29, 0.717) is 11.8 Å². The molecule has 0 heterocycles. The topological polar surface area (TPSA) is 37.3 Å². The van der Waals surface area contributed by atoms with Crippen molar-refractivity contribution in [2.75, 3.05) is 0 Å². The molecule has 0 aliphatic heterocycles. The summed E-state index contributed by atoms with van der Waals surface area (Å²) in [6.07, 6.45) is 2.28. The average Bonchev–Trinajstić information content (AvgIpc) is 1.91. The lowest BCUT2D eigenvalue weighted by Crippen LogP contribution is -2.15. The Hall–Kier alpha value is -0.500. The minimum Gasteiger partial charge on any atom is -0.450 e. The Morgan fingerprint density at radius 3 is 2.60 bits per heavy atom. The minimum absolute atomic E-state index is 0.118. The number of carbonyl (C=O) groups excluding carboxylic acids is 1. The first-order chi connectivity index (χ1) is 4.76. The summed E-state index contributed by atoms with van der Waals surface area (Å²) in [7, 11) is 2.36. The quantitative estimate of drug-likeness (QED) is 0.441. The van der Waals surface area contributed by atoms with Gasteiger partial charge in [0.2, 0.25) is 7.28 Å². The molecule has 4 heteroatoms. The fourth-order valence-corrected chi connectivity index (χ4v) is 0.584. The molecule has 2 nitrogen and oxygen atoms in total. The summed E-state index contributed by atoms with van der Waals surface area (Å²) in [6.45, 7) is 3.59. The molecule has 0 bridgehead atoms. The molecule has 0 atom stereocenters. The molecule has 1 N–H and O–H groups in total. The summed E-state index contributed by atoms with van der Waals surface area (Å²) in [4.78, 5) is 10.9. The summed E-state index contributed by atoms with van der Waals surface area (Å²) in [5, 5.41) is 8.49. The van der Waals surface area contributed by atoms with Crippen LogP contribution in [0.1, 0.15) is 13.8 Å². The van der Waals surface area contributed by atoms with Crippen molar-refractivity contribution in [1.29, 1.82) is 0 Å². The van der Waals surface area contributed by atoms with Crippen LogP contribution in [0.4, 0.5) is 0 Å². The van der Waals surface area contributed by atoms with Crippen molar-refractivity contribution in [1.82, 2.24) is 0 Å². The lowest BCUT2D eigenvalue weighted by atomic mass is 9.62. The summed E-state index contributed by atoms with van der Waals surface area (Å²) in [5.41, 5.74) is 0.231. The molecule has 0 spiro atoms. The molecule has 0 unspecified atom stereocenters. The van der Waals surface area contributed by atoms with Gasteiger partial charge < -0.3 is 9.82 Å². The molecule has 0 aromatic rings. The van der Waals surface area contributed by atoms with Crippen LogP contribution in [-0.4, -0.2) is 25.5 Å². The van der Waals surface area contributed by atoms with E-state index in [9.17, 15) is 4.79 Å². The van der Waals surface area contributed by atoms with Crippen molar-refractivity contribution in [3.63, 3.8) is 0 Å². The Labute approximate surface area is 62.8 Å². The van der Waals surface area contributed by atoms with Gasteiger partial charge in [-0.3, -0.25) is 0 Å². The van der Waals surface area contributed by atoms with Crippen molar-refractivity contribution in [3.05, 3.63) is 11.5 Å². The van der Waals surface area contributed by atoms with Crippen molar-refractivity contribution < 1.29 is 9.82 Å². The van der Waals surface area contributed by atoms with E-state index in [2.05, 4.69) is 0 Å². The van der Waals surface area contributed by atoms with Gasteiger partial charge >= 0.3 is 7.48 Å². The number of carbonyl (C=O) groups is 1. The van der Waals surface area contributed by atoms with Gasteiger partial charge in [-0.2, -0.15) is 0 Å². The van der Waals surface area contributed by atoms with E-state index < -0.39 is 0 Å². The Bertz CT molecular complexity index is 143. The largest absolute Gasteiger partial charge is 0.450 e. The maximum Gasteiger partial charge on any atom is 0.329 e. The summed E-state index contributed by atoms with van der Waals surface area (Å²) in [6, 6.07) is 0. The van der Waals surface area contributed by atoms with Crippen LogP contribution < -0.4 is 0 Å². The smallest absolute Gasteiger partial charge is 0.329 e. The second kappa shape index (κ2) is 5.30. The Morgan fingerprint density at radius 2 is 2.30 bits per heavy atom. The van der Waals surface area contributed by atoms with Gasteiger partial charge in [0.15, 0.2) is 0 Å². The Morgan fingerprint density at radius 1 is 1.70 bits per heavy atom. The molecule has 0 aliphatic rings. The first-order valence-corrected chi connectivity index (χ1v) is 3.27. The molecule has 0 saturated carbocycles. The van der Waals surface area contributed by atoms with Gasteiger partial charge in [-0.25, -0.2) is 0 Å². The third kappa shape index (κ3) is 2.87. The summed E-state index contributed by atoms with van der Waals surface area (Å²) >= 11 is 0. The van der Waals surface area contributed by atoms with Crippen molar-refractivity contribution in [2.45, 2.75) is 20.2 Å². The molecule has 2 radical (unpaired) electrons. The summed E-state index contributed by atoms with van der Waals surface area (Å²) in [5.74, 6) is 0. The second-order valence-electron chi connectivity index (χ2n) is 1.85. The first kappa shape index (κ1) is 9.50. The highest BCUT2D eigenvalue weighted by atomic mass is 16.2. The summed E-state index contributed by atoms with van der Waals surface area (Å²) < 4.78 is 0. The maximum absolute atomic E-state index is 10.9. The highest BCUT2D eigenvalue weighted by Gasteiger charge is 2.07. The van der Waals surface area contributed by atoms with Gasteiger partial charge in [-0.1, -0.05) is 19.3 Å². The zero-order valence-electron chi connectivity index (χ0n) is 6.29. The second-order valence-corrected chi connectivity index (χ2v) is 1.85. The predicted octanol–water partition coefficient (Wildman–Crippen LogP) is 0.171. The normalized spacial score (nSPS) is 10.9. The zero-order chi connectivity index (χ0) is 7.98. The number of rotatable bonds is 4. The average molecular weight is 136 g/mol. The molecule has 0 aromatic carbocycles. The molecule has 10 heavy (non-hydrogen) atoms. The SMILES string of the molecule is C/C=C(\[B]O)C(=O)[B]CC. The van der Waals surface area contributed by atoms with E-state index >= 15 is 0 Å². The molecule has 0 aromatic heterocycles. The van der Waals surface area contributed by atoms with Crippen LogP contribution in [0.2, 0.25) is 6.32 Å².